The number of aromatic nitrogens is 2. The Kier molecular flexibility index (Phi) is 11.0. The van der Waals surface area contributed by atoms with E-state index >= 15 is 0 Å². The topological polar surface area (TPSA) is 19.6 Å². The van der Waals surface area contributed by atoms with Crippen LogP contribution in [0.2, 0.25) is 0 Å². The zero-order valence-electron chi connectivity index (χ0n) is 59.9. The van der Waals surface area contributed by atoms with Crippen molar-refractivity contribution in [2.75, 3.05) is 14.7 Å². The van der Waals surface area contributed by atoms with Gasteiger partial charge in [0.05, 0.1) is 33.0 Å². The van der Waals surface area contributed by atoms with Crippen LogP contribution in [0, 0.1) is 0 Å². The summed E-state index contributed by atoms with van der Waals surface area (Å²) in [7, 11) is 0. The predicted octanol–water partition coefficient (Wildman–Crippen LogP) is 21.7. The molecular weight excluding hydrogens is 1140 g/mol. The van der Waals surface area contributed by atoms with Crippen LogP contribution < -0.4 is 31.1 Å². The van der Waals surface area contributed by atoms with Crippen molar-refractivity contribution in [3.8, 4) is 44.8 Å². The summed E-state index contributed by atoms with van der Waals surface area (Å²) in [5.74, 6) is 0. The minimum absolute atomic E-state index is 0.0175. The molecule has 4 heterocycles. The Morgan fingerprint density at radius 1 is 0.309 bits per heavy atom. The van der Waals surface area contributed by atoms with Crippen molar-refractivity contribution < 1.29 is 11.0 Å². The maximum atomic E-state index is 9.68. The van der Waals surface area contributed by atoms with Gasteiger partial charge in [0.1, 0.15) is 0 Å². The average Bonchev–Trinajstić information content (AvgIpc) is 0.912. The predicted molar refractivity (Wildman–Crippen MR) is 399 cm³/mol. The standard InChI is InChI=1S/C88H64BN5/c1-88(2,3)65-54-85-87-86(55-65)94(72-52-63(60-28-11-5-12-29-60)50-64(53-72)61-30-13-6-14-31-61)84-58-70(91-79-41-22-19-38-73(79)74-39-20-23-42-80(74)91)44-48-78(84)89(87)77-47-45-71(57-83(77)93(85)68-37-25-32-62(51-68)59-26-9-4-10-27-59)92-81-43-24-21-40-75(81)76-56-69(46-49-82(76)92)90(66-33-15-7-16-34-66)67-35-17-8-18-36-67/h4-58H,1-3H3/i19D,20D,22D,23D,38D,39D,41D,42D. The van der Waals surface area contributed by atoms with Crippen LogP contribution in [0.15, 0.2) is 333 Å². The van der Waals surface area contributed by atoms with Crippen LogP contribution in [-0.4, -0.2) is 15.8 Å². The smallest absolute Gasteiger partial charge is 0.252 e. The third-order valence-corrected chi connectivity index (χ3v) is 19.0. The van der Waals surface area contributed by atoms with E-state index in [2.05, 4.69) is 295 Å². The zero-order chi connectivity index (χ0) is 69.6. The fourth-order valence-corrected chi connectivity index (χ4v) is 14.7. The SMILES string of the molecule is [2H]c1c([2H])c([2H])c2c(c1[2H])c1c([2H])c([2H])c([2H])c([2H])c1n2-c1ccc2c(c1)N(c1cc(-c3ccccc3)cc(-c3ccccc3)c1)c1cc(C(C)(C)C)cc3c1B2c1ccc(-n2c4ccccc4c4cc(N(c5ccccc5)c5ccccc5)ccc42)cc1N3c1cccc(-c2ccccc2)c1. The molecule has 0 radical (unpaired) electrons. The van der Waals surface area contributed by atoms with Crippen molar-refractivity contribution in [1.82, 2.24) is 9.13 Å². The molecule has 444 valence electrons. The fourth-order valence-electron chi connectivity index (χ4n) is 14.7. The summed E-state index contributed by atoms with van der Waals surface area (Å²) in [4.78, 5) is 7.15. The largest absolute Gasteiger partial charge is 0.311 e. The summed E-state index contributed by atoms with van der Waals surface area (Å²) >= 11 is 0. The van der Waals surface area contributed by atoms with Gasteiger partial charge in [-0.1, -0.05) is 227 Å². The first-order chi connectivity index (χ1) is 49.6. The van der Waals surface area contributed by atoms with Crippen molar-refractivity contribution >= 4 is 118 Å². The lowest BCUT2D eigenvalue weighted by Gasteiger charge is -2.45. The lowest BCUT2D eigenvalue weighted by atomic mass is 9.33. The van der Waals surface area contributed by atoms with E-state index in [1.54, 1.807) is 4.57 Å². The van der Waals surface area contributed by atoms with E-state index in [4.69, 9.17) is 5.48 Å². The van der Waals surface area contributed by atoms with E-state index in [1.165, 1.54) is 0 Å². The molecule has 0 aliphatic carbocycles. The molecule has 6 heteroatoms. The molecule has 94 heavy (non-hydrogen) atoms. The normalized spacial score (nSPS) is 13.8. The highest BCUT2D eigenvalue weighted by atomic mass is 15.2. The Labute approximate surface area is 559 Å². The van der Waals surface area contributed by atoms with Gasteiger partial charge in [-0.15, -0.1) is 0 Å². The summed E-state index contributed by atoms with van der Waals surface area (Å²) in [5.41, 5.74) is 22.2. The maximum absolute atomic E-state index is 9.68. The van der Waals surface area contributed by atoms with E-state index in [-0.39, 0.29) is 46.0 Å². The zero-order valence-corrected chi connectivity index (χ0v) is 51.9. The highest BCUT2D eigenvalue weighted by Crippen LogP contribution is 2.50. The van der Waals surface area contributed by atoms with Crippen LogP contribution in [0.3, 0.4) is 0 Å². The lowest BCUT2D eigenvalue weighted by molar-refractivity contribution is 0.590. The molecule has 0 atom stereocenters. The molecule has 2 aliphatic rings. The molecule has 0 N–H and O–H groups in total. The lowest BCUT2D eigenvalue weighted by Crippen LogP contribution is -2.61. The van der Waals surface area contributed by atoms with Gasteiger partial charge in [-0.05, 0) is 188 Å². The Balaban J connectivity index is 0.946. The molecule has 2 aromatic heterocycles. The molecule has 0 spiro atoms. The number of nitrogens with zero attached hydrogens (tertiary/aromatic N) is 5. The van der Waals surface area contributed by atoms with E-state index in [0.717, 1.165) is 134 Å². The number of para-hydroxylation sites is 5. The summed E-state index contributed by atoms with van der Waals surface area (Å²) < 4.78 is 78.4. The summed E-state index contributed by atoms with van der Waals surface area (Å²) in [6, 6.07) is 97.9. The van der Waals surface area contributed by atoms with Gasteiger partial charge in [0, 0.05) is 84.1 Å². The van der Waals surface area contributed by atoms with Gasteiger partial charge in [-0.3, -0.25) is 0 Å². The van der Waals surface area contributed by atoms with Crippen LogP contribution in [0.1, 0.15) is 37.3 Å². The molecular formula is C88H64BN5. The first-order valence-electron chi connectivity index (χ1n) is 36.0. The molecule has 14 aromatic carbocycles. The van der Waals surface area contributed by atoms with Crippen molar-refractivity contribution in [2.24, 2.45) is 0 Å². The minimum atomic E-state index is -0.494. The molecule has 5 nitrogen and oxygen atoms in total. The maximum Gasteiger partial charge on any atom is 0.252 e. The van der Waals surface area contributed by atoms with Crippen LogP contribution in [0.25, 0.3) is 88.4 Å². The quantitative estimate of drug-likeness (QED) is 0.127. The van der Waals surface area contributed by atoms with Crippen molar-refractivity contribution in [3.05, 3.63) is 339 Å². The first kappa shape index (κ1) is 47.1. The highest BCUT2D eigenvalue weighted by Gasteiger charge is 2.45. The summed E-state index contributed by atoms with van der Waals surface area (Å²) in [6.45, 7) is 6.35. The summed E-state index contributed by atoms with van der Waals surface area (Å²) in [6.07, 6.45) is 0. The highest BCUT2D eigenvalue weighted by molar-refractivity contribution is 7.00. The molecule has 0 saturated carbocycles. The number of fused-ring (bicyclic) bond motifs is 10. The number of anilines is 9. The van der Waals surface area contributed by atoms with Crippen LogP contribution >= 0.6 is 0 Å². The van der Waals surface area contributed by atoms with Gasteiger partial charge < -0.3 is 23.8 Å². The van der Waals surface area contributed by atoms with Crippen LogP contribution in [0.4, 0.5) is 51.2 Å². The van der Waals surface area contributed by atoms with Gasteiger partial charge in [0.2, 0.25) is 0 Å². The Morgan fingerprint density at radius 2 is 0.766 bits per heavy atom. The second-order valence-electron chi connectivity index (χ2n) is 25.5. The van der Waals surface area contributed by atoms with E-state index in [9.17, 15) is 5.48 Å². The third-order valence-electron chi connectivity index (χ3n) is 19.0. The van der Waals surface area contributed by atoms with Gasteiger partial charge >= 0.3 is 0 Å². The fraction of sp³-hybridized carbons (Fsp3) is 0.0455. The second-order valence-corrected chi connectivity index (χ2v) is 25.5. The first-order valence-corrected chi connectivity index (χ1v) is 32.0. The van der Waals surface area contributed by atoms with Gasteiger partial charge in [0.25, 0.3) is 6.71 Å². The average molecular weight is 1210 g/mol. The third kappa shape index (κ3) is 9.00. The molecule has 0 bridgehead atoms. The summed E-state index contributed by atoms with van der Waals surface area (Å²) in [5, 5.41) is 2.25. The molecule has 0 saturated heterocycles. The number of hydrogen-bond donors (Lipinski definition) is 0. The second kappa shape index (κ2) is 21.9. The molecule has 0 amide bonds. The van der Waals surface area contributed by atoms with Crippen LogP contribution in [0.5, 0.6) is 0 Å². The van der Waals surface area contributed by atoms with E-state index in [0.29, 0.717) is 5.69 Å². The minimum Gasteiger partial charge on any atom is -0.311 e. The number of hydrogen-bond acceptors (Lipinski definition) is 3. The van der Waals surface area contributed by atoms with E-state index in [1.807, 2.05) is 30.3 Å². The van der Waals surface area contributed by atoms with Crippen LogP contribution in [-0.2, 0) is 5.41 Å². The van der Waals surface area contributed by atoms with Gasteiger partial charge in [-0.2, -0.15) is 0 Å². The Hall–Kier alpha value is -11.9. The monoisotopic (exact) mass is 1210 g/mol. The molecule has 18 rings (SSSR count). The van der Waals surface area contributed by atoms with Crippen molar-refractivity contribution in [1.29, 1.82) is 0 Å². The number of rotatable bonds is 10. The van der Waals surface area contributed by atoms with Gasteiger partial charge in [0.15, 0.2) is 0 Å². The van der Waals surface area contributed by atoms with Gasteiger partial charge in [-0.25, -0.2) is 0 Å². The Morgan fingerprint density at radius 3 is 1.32 bits per heavy atom. The molecule has 2 aliphatic heterocycles. The molecule has 0 fully saturated rings. The van der Waals surface area contributed by atoms with Crippen molar-refractivity contribution in [3.63, 3.8) is 0 Å². The van der Waals surface area contributed by atoms with E-state index < -0.39 is 36.3 Å². The molecule has 16 aromatic rings. The number of benzene rings is 14. The van der Waals surface area contributed by atoms with Crippen molar-refractivity contribution in [2.45, 2.75) is 26.2 Å². The Bertz CT molecular complexity index is 5940. The molecule has 0 unspecified atom stereocenters.